The first-order chi connectivity index (χ1) is 12.9. The first-order valence-corrected chi connectivity index (χ1v) is 9.23. The summed E-state index contributed by atoms with van der Waals surface area (Å²) in [5.74, 6) is -0.675. The van der Waals surface area contributed by atoms with E-state index in [-0.39, 0.29) is 23.1 Å². The lowest BCUT2D eigenvalue weighted by atomic mass is 10.0. The molecule has 27 heavy (non-hydrogen) atoms. The second-order valence-corrected chi connectivity index (χ2v) is 7.12. The van der Waals surface area contributed by atoms with Crippen molar-refractivity contribution in [3.8, 4) is 0 Å². The molecule has 7 nitrogen and oxygen atoms in total. The second-order valence-electron chi connectivity index (χ2n) is 6.31. The van der Waals surface area contributed by atoms with Gasteiger partial charge in [0.2, 0.25) is 5.91 Å². The predicted octanol–water partition coefficient (Wildman–Crippen LogP) is 2.72. The number of hydrogen-bond donors (Lipinski definition) is 1. The van der Waals surface area contributed by atoms with Crippen LogP contribution in [0.2, 0.25) is 10.0 Å². The number of likely N-dealkylation sites (tertiary alicyclic amines) is 1. The van der Waals surface area contributed by atoms with E-state index in [1.807, 2.05) is 0 Å². The molecule has 1 saturated heterocycles. The SMILES string of the molecule is Cn1nc(C(=O)N2CCCCC2C(=O)Nc2ccc(Cl)c(Cl)c2)ccc1=O. The number of anilines is 1. The van der Waals surface area contributed by atoms with E-state index in [0.29, 0.717) is 28.7 Å². The van der Waals surface area contributed by atoms with Crippen LogP contribution in [0.15, 0.2) is 35.1 Å². The molecule has 1 N–H and O–H groups in total. The zero-order valence-corrected chi connectivity index (χ0v) is 16.1. The molecule has 1 aromatic carbocycles. The van der Waals surface area contributed by atoms with Crippen LogP contribution in [-0.2, 0) is 11.8 Å². The lowest BCUT2D eigenvalue weighted by molar-refractivity contribution is -0.121. The minimum Gasteiger partial charge on any atom is -0.325 e. The van der Waals surface area contributed by atoms with Gasteiger partial charge in [-0.15, -0.1) is 0 Å². The highest BCUT2D eigenvalue weighted by Gasteiger charge is 2.33. The van der Waals surface area contributed by atoms with Crippen LogP contribution in [0.5, 0.6) is 0 Å². The maximum Gasteiger partial charge on any atom is 0.274 e. The van der Waals surface area contributed by atoms with Crippen LogP contribution >= 0.6 is 23.2 Å². The lowest BCUT2D eigenvalue weighted by Gasteiger charge is -2.34. The smallest absolute Gasteiger partial charge is 0.274 e. The van der Waals surface area contributed by atoms with Crippen LogP contribution in [-0.4, -0.2) is 39.1 Å². The molecule has 0 radical (unpaired) electrons. The number of aromatic nitrogens is 2. The molecular formula is C18H18Cl2N4O3. The summed E-state index contributed by atoms with van der Waals surface area (Å²) in [7, 11) is 1.48. The number of nitrogens with one attached hydrogen (secondary N) is 1. The van der Waals surface area contributed by atoms with E-state index in [0.717, 1.165) is 17.5 Å². The molecule has 0 bridgehead atoms. The Kier molecular flexibility index (Phi) is 5.82. The summed E-state index contributed by atoms with van der Waals surface area (Å²) in [5.41, 5.74) is 0.332. The third-order valence-corrected chi connectivity index (χ3v) is 5.17. The minimum absolute atomic E-state index is 0.131. The largest absolute Gasteiger partial charge is 0.325 e. The average Bonchev–Trinajstić information content (AvgIpc) is 2.66. The number of amides is 2. The third-order valence-electron chi connectivity index (χ3n) is 4.43. The van der Waals surface area contributed by atoms with Gasteiger partial charge in [0, 0.05) is 25.3 Å². The van der Waals surface area contributed by atoms with Gasteiger partial charge in [-0.1, -0.05) is 23.2 Å². The van der Waals surface area contributed by atoms with Gasteiger partial charge in [-0.2, -0.15) is 5.10 Å². The maximum atomic E-state index is 12.9. The number of halogens is 2. The number of carbonyl (C=O) groups excluding carboxylic acids is 2. The molecule has 142 valence electrons. The molecule has 1 aromatic heterocycles. The molecular weight excluding hydrogens is 391 g/mol. The van der Waals surface area contributed by atoms with Gasteiger partial charge >= 0.3 is 0 Å². The molecule has 2 aromatic rings. The van der Waals surface area contributed by atoms with E-state index in [1.165, 1.54) is 24.1 Å². The van der Waals surface area contributed by atoms with Gasteiger partial charge < -0.3 is 10.2 Å². The van der Waals surface area contributed by atoms with Crippen molar-refractivity contribution in [3.63, 3.8) is 0 Å². The Morgan fingerprint density at radius 2 is 1.93 bits per heavy atom. The zero-order valence-electron chi connectivity index (χ0n) is 14.6. The van der Waals surface area contributed by atoms with Crippen molar-refractivity contribution in [3.05, 3.63) is 56.4 Å². The van der Waals surface area contributed by atoms with E-state index in [4.69, 9.17) is 23.2 Å². The number of piperidine rings is 1. The third kappa shape index (κ3) is 4.31. The van der Waals surface area contributed by atoms with Crippen molar-refractivity contribution in [2.75, 3.05) is 11.9 Å². The van der Waals surface area contributed by atoms with Crippen molar-refractivity contribution in [2.45, 2.75) is 25.3 Å². The average molecular weight is 409 g/mol. The zero-order chi connectivity index (χ0) is 19.6. The summed E-state index contributed by atoms with van der Waals surface area (Å²) in [6.45, 7) is 0.447. The normalized spacial score (nSPS) is 16.9. The molecule has 1 fully saturated rings. The van der Waals surface area contributed by atoms with Gasteiger partial charge in [0.05, 0.1) is 10.0 Å². The summed E-state index contributed by atoms with van der Waals surface area (Å²) in [4.78, 5) is 38.6. The lowest BCUT2D eigenvalue weighted by Crippen LogP contribution is -2.50. The summed E-state index contributed by atoms with van der Waals surface area (Å²) < 4.78 is 1.10. The Morgan fingerprint density at radius 3 is 2.63 bits per heavy atom. The standard InChI is InChI=1S/C18H18Cl2N4O3/c1-23-16(25)8-7-14(22-23)18(27)24-9-3-2-4-15(24)17(26)21-11-5-6-12(19)13(20)10-11/h5-8,10,15H,2-4,9H2,1H3,(H,21,26). The van der Waals surface area contributed by atoms with E-state index in [2.05, 4.69) is 10.4 Å². The molecule has 2 amide bonds. The van der Waals surface area contributed by atoms with Crippen LogP contribution in [0.1, 0.15) is 29.8 Å². The van der Waals surface area contributed by atoms with Crippen molar-refractivity contribution in [2.24, 2.45) is 7.05 Å². The maximum absolute atomic E-state index is 12.9. The summed E-state index contributed by atoms with van der Waals surface area (Å²) >= 11 is 11.9. The minimum atomic E-state index is -0.625. The summed E-state index contributed by atoms with van der Waals surface area (Å²) in [6, 6.07) is 6.85. The van der Waals surface area contributed by atoms with Crippen LogP contribution in [0.25, 0.3) is 0 Å². The molecule has 0 saturated carbocycles. The topological polar surface area (TPSA) is 84.3 Å². The summed E-state index contributed by atoms with van der Waals surface area (Å²) in [6.07, 6.45) is 2.18. The molecule has 0 spiro atoms. The summed E-state index contributed by atoms with van der Waals surface area (Å²) in [5, 5.41) is 7.51. The van der Waals surface area contributed by atoms with Crippen LogP contribution in [0, 0.1) is 0 Å². The molecule has 1 atom stereocenters. The molecule has 1 unspecified atom stereocenters. The Hall–Kier alpha value is -2.38. The van der Waals surface area contributed by atoms with Gasteiger partial charge in [-0.3, -0.25) is 14.4 Å². The fraction of sp³-hybridized carbons (Fsp3) is 0.333. The van der Waals surface area contributed by atoms with Crippen molar-refractivity contribution >= 4 is 40.7 Å². The van der Waals surface area contributed by atoms with E-state index >= 15 is 0 Å². The number of nitrogens with zero attached hydrogens (tertiary/aromatic N) is 3. The molecule has 1 aliphatic rings. The Morgan fingerprint density at radius 1 is 1.15 bits per heavy atom. The van der Waals surface area contributed by atoms with Crippen molar-refractivity contribution in [1.82, 2.24) is 14.7 Å². The molecule has 0 aliphatic carbocycles. The van der Waals surface area contributed by atoms with Crippen LogP contribution < -0.4 is 10.9 Å². The number of carbonyl (C=O) groups is 2. The number of rotatable bonds is 3. The van der Waals surface area contributed by atoms with Crippen LogP contribution in [0.4, 0.5) is 5.69 Å². The number of aryl methyl sites for hydroxylation is 1. The quantitative estimate of drug-likeness (QED) is 0.845. The number of hydrogen-bond acceptors (Lipinski definition) is 4. The van der Waals surface area contributed by atoms with Gasteiger partial charge in [0.25, 0.3) is 11.5 Å². The van der Waals surface area contributed by atoms with Gasteiger partial charge in [0.1, 0.15) is 11.7 Å². The fourth-order valence-electron chi connectivity index (χ4n) is 3.01. The number of benzene rings is 1. The molecule has 2 heterocycles. The Bertz CT molecular complexity index is 944. The van der Waals surface area contributed by atoms with E-state index < -0.39 is 6.04 Å². The highest BCUT2D eigenvalue weighted by molar-refractivity contribution is 6.42. The highest BCUT2D eigenvalue weighted by Crippen LogP contribution is 2.26. The Labute approximate surface area is 165 Å². The van der Waals surface area contributed by atoms with Crippen molar-refractivity contribution < 1.29 is 9.59 Å². The second kappa shape index (κ2) is 8.10. The van der Waals surface area contributed by atoms with E-state index in [1.54, 1.807) is 18.2 Å². The molecule has 9 heteroatoms. The fourth-order valence-corrected chi connectivity index (χ4v) is 3.31. The Balaban J connectivity index is 1.80. The highest BCUT2D eigenvalue weighted by atomic mass is 35.5. The first kappa shape index (κ1) is 19.4. The van der Waals surface area contributed by atoms with Gasteiger partial charge in [-0.25, -0.2) is 4.68 Å². The first-order valence-electron chi connectivity index (χ1n) is 8.48. The molecule has 3 rings (SSSR count). The van der Waals surface area contributed by atoms with Crippen molar-refractivity contribution in [1.29, 1.82) is 0 Å². The van der Waals surface area contributed by atoms with Gasteiger partial charge in [-0.05, 0) is 43.5 Å². The predicted molar refractivity (Wildman–Crippen MR) is 103 cm³/mol. The molecule has 1 aliphatic heterocycles. The van der Waals surface area contributed by atoms with E-state index in [9.17, 15) is 14.4 Å². The van der Waals surface area contributed by atoms with Gasteiger partial charge in [0.15, 0.2) is 0 Å². The monoisotopic (exact) mass is 408 g/mol. The van der Waals surface area contributed by atoms with Crippen LogP contribution in [0.3, 0.4) is 0 Å².